The molecule has 0 amide bonds. The van der Waals surface area contributed by atoms with Crippen LogP contribution in [-0.2, 0) is 0 Å². The van der Waals surface area contributed by atoms with Crippen LogP contribution in [0, 0.1) is 6.92 Å². The van der Waals surface area contributed by atoms with E-state index >= 15 is 0 Å². The summed E-state index contributed by atoms with van der Waals surface area (Å²) in [7, 11) is 0. The molecule has 0 aliphatic heterocycles. The van der Waals surface area contributed by atoms with Gasteiger partial charge in [-0.15, -0.1) is 0 Å². The van der Waals surface area contributed by atoms with E-state index in [1.165, 1.54) is 0 Å². The summed E-state index contributed by atoms with van der Waals surface area (Å²) in [6, 6.07) is 3.94. The lowest BCUT2D eigenvalue weighted by molar-refractivity contribution is 0.901. The van der Waals surface area contributed by atoms with Gasteiger partial charge >= 0.3 is 0 Å². The number of hydrogen-bond acceptors (Lipinski definition) is 5. The van der Waals surface area contributed by atoms with Crippen molar-refractivity contribution in [2.45, 2.75) is 17.3 Å². The van der Waals surface area contributed by atoms with E-state index in [4.69, 9.17) is 5.73 Å². The maximum atomic E-state index is 5.79. The minimum absolute atomic E-state index is 0.167. The van der Waals surface area contributed by atoms with Gasteiger partial charge in [0.1, 0.15) is 0 Å². The van der Waals surface area contributed by atoms with Crippen LogP contribution in [0.15, 0.2) is 42.1 Å². The van der Waals surface area contributed by atoms with Crippen LogP contribution in [0.3, 0.4) is 0 Å². The number of aromatic nitrogens is 3. The van der Waals surface area contributed by atoms with Gasteiger partial charge in [0.2, 0.25) is 0 Å². The molecule has 0 aliphatic carbocycles. The first kappa shape index (κ1) is 12.0. The Balaban J connectivity index is 2.13. The monoisotopic (exact) mass is 246 g/mol. The van der Waals surface area contributed by atoms with Crippen molar-refractivity contribution in [3.63, 3.8) is 0 Å². The molecule has 0 bridgehead atoms. The summed E-state index contributed by atoms with van der Waals surface area (Å²) in [5, 5.41) is 0.920. The SMILES string of the molecule is Cc1cnc(SC(CN)c2ccncc2)nc1. The van der Waals surface area contributed by atoms with Gasteiger partial charge in [-0.25, -0.2) is 9.97 Å². The summed E-state index contributed by atoms with van der Waals surface area (Å²) in [6.45, 7) is 2.52. The van der Waals surface area contributed by atoms with E-state index in [9.17, 15) is 0 Å². The van der Waals surface area contributed by atoms with Crippen molar-refractivity contribution in [1.82, 2.24) is 15.0 Å². The topological polar surface area (TPSA) is 64.7 Å². The van der Waals surface area contributed by atoms with Crippen molar-refractivity contribution in [3.05, 3.63) is 48.0 Å². The molecule has 0 aromatic carbocycles. The maximum Gasteiger partial charge on any atom is 0.188 e. The first-order chi connectivity index (χ1) is 8.29. The Morgan fingerprint density at radius 1 is 1.24 bits per heavy atom. The molecule has 0 saturated carbocycles. The highest BCUT2D eigenvalue weighted by Gasteiger charge is 2.12. The van der Waals surface area contributed by atoms with Gasteiger partial charge in [0.15, 0.2) is 5.16 Å². The fraction of sp³-hybridized carbons (Fsp3) is 0.250. The van der Waals surface area contributed by atoms with Crippen LogP contribution in [0.4, 0.5) is 0 Å². The number of nitrogens with two attached hydrogens (primary N) is 1. The highest BCUT2D eigenvalue weighted by Crippen LogP contribution is 2.31. The predicted molar refractivity (Wildman–Crippen MR) is 68.7 cm³/mol. The third-order valence-electron chi connectivity index (χ3n) is 2.30. The molecule has 2 rings (SSSR count). The molecule has 1 unspecified atom stereocenters. The van der Waals surface area contributed by atoms with Gasteiger partial charge in [-0.3, -0.25) is 4.98 Å². The van der Waals surface area contributed by atoms with Gasteiger partial charge < -0.3 is 5.73 Å². The fourth-order valence-electron chi connectivity index (χ4n) is 1.40. The summed E-state index contributed by atoms with van der Waals surface area (Å²) >= 11 is 1.58. The molecule has 17 heavy (non-hydrogen) atoms. The third-order valence-corrected chi connectivity index (χ3v) is 3.47. The van der Waals surface area contributed by atoms with Crippen molar-refractivity contribution in [2.24, 2.45) is 5.73 Å². The summed E-state index contributed by atoms with van der Waals surface area (Å²) in [5.74, 6) is 0. The zero-order valence-corrected chi connectivity index (χ0v) is 10.4. The molecule has 0 fully saturated rings. The maximum absolute atomic E-state index is 5.79. The lowest BCUT2D eigenvalue weighted by atomic mass is 10.2. The highest BCUT2D eigenvalue weighted by atomic mass is 32.2. The standard InChI is InChI=1S/C12H14N4S/c1-9-7-15-12(16-8-9)17-11(6-13)10-2-4-14-5-3-10/h2-5,7-8,11H,6,13H2,1H3. The van der Waals surface area contributed by atoms with E-state index < -0.39 is 0 Å². The first-order valence-electron chi connectivity index (χ1n) is 5.35. The summed E-state index contributed by atoms with van der Waals surface area (Å²) in [4.78, 5) is 12.5. The summed E-state index contributed by atoms with van der Waals surface area (Å²) in [5.41, 5.74) is 7.99. The number of thioether (sulfide) groups is 1. The third kappa shape index (κ3) is 3.25. The van der Waals surface area contributed by atoms with Gasteiger partial charge in [-0.05, 0) is 30.2 Å². The fourth-order valence-corrected chi connectivity index (χ4v) is 2.27. The molecule has 5 heteroatoms. The Bertz CT molecular complexity index is 458. The Morgan fingerprint density at radius 2 is 1.88 bits per heavy atom. The number of aryl methyl sites for hydroxylation is 1. The number of nitrogens with zero attached hydrogens (tertiary/aromatic N) is 3. The molecule has 4 nitrogen and oxygen atoms in total. The zero-order valence-electron chi connectivity index (χ0n) is 9.58. The van der Waals surface area contributed by atoms with E-state index in [2.05, 4.69) is 15.0 Å². The van der Waals surface area contributed by atoms with E-state index in [0.717, 1.165) is 16.3 Å². The number of rotatable bonds is 4. The lowest BCUT2D eigenvalue weighted by Gasteiger charge is -2.13. The van der Waals surface area contributed by atoms with Crippen LogP contribution in [0.2, 0.25) is 0 Å². The minimum atomic E-state index is 0.167. The van der Waals surface area contributed by atoms with Crippen LogP contribution in [0.5, 0.6) is 0 Å². The molecule has 1 atom stereocenters. The average molecular weight is 246 g/mol. The van der Waals surface area contributed by atoms with Crippen molar-refractivity contribution in [3.8, 4) is 0 Å². The van der Waals surface area contributed by atoms with Crippen molar-refractivity contribution in [1.29, 1.82) is 0 Å². The van der Waals surface area contributed by atoms with Gasteiger partial charge in [-0.1, -0.05) is 11.8 Å². The van der Waals surface area contributed by atoms with Crippen molar-refractivity contribution < 1.29 is 0 Å². The summed E-state index contributed by atoms with van der Waals surface area (Å²) in [6.07, 6.45) is 7.17. The molecular formula is C12H14N4S. The molecule has 0 saturated heterocycles. The van der Waals surface area contributed by atoms with Crippen molar-refractivity contribution >= 4 is 11.8 Å². The first-order valence-corrected chi connectivity index (χ1v) is 6.23. The van der Waals surface area contributed by atoms with Gasteiger partial charge in [-0.2, -0.15) is 0 Å². The van der Waals surface area contributed by atoms with Crippen LogP contribution in [-0.4, -0.2) is 21.5 Å². The van der Waals surface area contributed by atoms with E-state index in [-0.39, 0.29) is 5.25 Å². The van der Waals surface area contributed by atoms with E-state index in [1.54, 1.807) is 24.2 Å². The Hall–Kier alpha value is -1.46. The predicted octanol–water partition coefficient (Wildman–Crippen LogP) is 1.97. The van der Waals surface area contributed by atoms with Crippen LogP contribution < -0.4 is 5.73 Å². The average Bonchev–Trinajstić information content (AvgIpc) is 2.39. The molecule has 2 aromatic rings. The van der Waals surface area contributed by atoms with Crippen LogP contribution in [0.1, 0.15) is 16.4 Å². The molecule has 0 spiro atoms. The number of hydrogen-bond donors (Lipinski definition) is 1. The molecule has 0 aliphatic rings. The number of pyridine rings is 1. The van der Waals surface area contributed by atoms with Gasteiger partial charge in [0, 0.05) is 36.6 Å². The molecule has 0 radical (unpaired) electrons. The van der Waals surface area contributed by atoms with Gasteiger partial charge in [0.05, 0.1) is 0 Å². The Labute approximate surface area is 105 Å². The van der Waals surface area contributed by atoms with Crippen LogP contribution >= 0.6 is 11.8 Å². The second-order valence-electron chi connectivity index (χ2n) is 3.67. The zero-order chi connectivity index (χ0) is 12.1. The van der Waals surface area contributed by atoms with Gasteiger partial charge in [0.25, 0.3) is 0 Å². The molecule has 88 valence electrons. The lowest BCUT2D eigenvalue weighted by Crippen LogP contribution is -2.09. The molecule has 2 aromatic heterocycles. The van der Waals surface area contributed by atoms with Crippen LogP contribution in [0.25, 0.3) is 0 Å². The Morgan fingerprint density at radius 3 is 2.47 bits per heavy atom. The quantitative estimate of drug-likeness (QED) is 0.660. The highest BCUT2D eigenvalue weighted by molar-refractivity contribution is 7.99. The normalized spacial score (nSPS) is 12.4. The Kier molecular flexibility index (Phi) is 4.06. The molecule has 2 N–H and O–H groups in total. The van der Waals surface area contributed by atoms with Crippen molar-refractivity contribution in [2.75, 3.05) is 6.54 Å². The largest absolute Gasteiger partial charge is 0.329 e. The second-order valence-corrected chi connectivity index (χ2v) is 4.84. The summed E-state index contributed by atoms with van der Waals surface area (Å²) < 4.78 is 0. The molecule has 2 heterocycles. The smallest absolute Gasteiger partial charge is 0.188 e. The second kappa shape index (κ2) is 5.75. The van der Waals surface area contributed by atoms with E-state index in [1.807, 2.05) is 31.5 Å². The molecular weight excluding hydrogens is 232 g/mol. The van der Waals surface area contributed by atoms with E-state index in [0.29, 0.717) is 6.54 Å². The minimum Gasteiger partial charge on any atom is -0.329 e.